The molecule has 5 heteroatoms. The van der Waals surface area contributed by atoms with E-state index >= 15 is 0 Å². The summed E-state index contributed by atoms with van der Waals surface area (Å²) in [6, 6.07) is 6.03. The first kappa shape index (κ1) is 19.5. The Kier molecular flexibility index (Phi) is 4.60. The Morgan fingerprint density at radius 1 is 1.20 bits per heavy atom. The van der Waals surface area contributed by atoms with Gasteiger partial charge in [-0.3, -0.25) is 4.68 Å². The van der Waals surface area contributed by atoms with Gasteiger partial charge in [0.15, 0.2) is 0 Å². The first-order valence-corrected chi connectivity index (χ1v) is 11.3. The van der Waals surface area contributed by atoms with Crippen molar-refractivity contribution in [1.82, 2.24) is 9.78 Å². The fraction of sp³-hybridized carbons (Fsp3) is 0.560. The van der Waals surface area contributed by atoms with Crippen molar-refractivity contribution in [1.29, 1.82) is 0 Å². The highest BCUT2D eigenvalue weighted by molar-refractivity contribution is 5.93. The molecule has 2 saturated carbocycles. The highest BCUT2D eigenvalue weighted by Crippen LogP contribution is 2.60. The molecule has 4 unspecified atom stereocenters. The van der Waals surface area contributed by atoms with E-state index in [1.165, 1.54) is 42.5 Å². The Morgan fingerprint density at radius 2 is 2.03 bits per heavy atom. The summed E-state index contributed by atoms with van der Waals surface area (Å²) in [6.45, 7) is 6.53. The highest BCUT2D eigenvalue weighted by atomic mass is 16.3. The van der Waals surface area contributed by atoms with E-state index < -0.39 is 0 Å². The van der Waals surface area contributed by atoms with E-state index in [0.717, 1.165) is 35.7 Å². The third-order valence-electron chi connectivity index (χ3n) is 8.38. The van der Waals surface area contributed by atoms with Crippen LogP contribution in [0.5, 0.6) is 5.75 Å². The summed E-state index contributed by atoms with van der Waals surface area (Å²) in [4.78, 5) is 0. The van der Waals surface area contributed by atoms with Crippen molar-refractivity contribution in [2.75, 3.05) is 0 Å². The van der Waals surface area contributed by atoms with Crippen molar-refractivity contribution in [3.63, 3.8) is 0 Å². The van der Waals surface area contributed by atoms with E-state index in [1.54, 1.807) is 0 Å². The van der Waals surface area contributed by atoms with Crippen molar-refractivity contribution in [2.24, 2.45) is 34.5 Å². The molecule has 5 nitrogen and oxygen atoms in total. The smallest absolute Gasteiger partial charge is 0.115 e. The van der Waals surface area contributed by atoms with Crippen molar-refractivity contribution in [2.45, 2.75) is 65.2 Å². The van der Waals surface area contributed by atoms with Crippen LogP contribution in [0.4, 0.5) is 0 Å². The van der Waals surface area contributed by atoms with Gasteiger partial charge in [0, 0.05) is 29.4 Å². The molecule has 1 heterocycles. The van der Waals surface area contributed by atoms with Gasteiger partial charge in [0.25, 0.3) is 0 Å². The molecule has 2 aromatic rings. The van der Waals surface area contributed by atoms with Crippen LogP contribution in [0.15, 0.2) is 28.4 Å². The average molecular weight is 405 g/mol. The molecule has 4 atom stereocenters. The molecule has 3 aliphatic carbocycles. The lowest BCUT2D eigenvalue weighted by molar-refractivity contribution is 0.0955. The Morgan fingerprint density at radius 3 is 2.80 bits per heavy atom. The quantitative estimate of drug-likeness (QED) is 0.561. The van der Waals surface area contributed by atoms with Crippen LogP contribution in [0.25, 0.3) is 0 Å². The molecule has 1 aromatic carbocycles. The first-order valence-electron chi connectivity index (χ1n) is 11.3. The van der Waals surface area contributed by atoms with Gasteiger partial charge in [-0.05, 0) is 93.4 Å². The van der Waals surface area contributed by atoms with Crippen LogP contribution in [0, 0.1) is 31.1 Å². The van der Waals surface area contributed by atoms with Crippen LogP contribution in [0.3, 0.4) is 0 Å². The molecule has 3 aliphatic rings. The van der Waals surface area contributed by atoms with E-state index in [9.17, 15) is 5.11 Å². The van der Waals surface area contributed by atoms with Crippen LogP contribution >= 0.6 is 0 Å². The minimum Gasteiger partial charge on any atom is -0.508 e. The first-order chi connectivity index (χ1) is 14.4. The number of fused-ring (bicyclic) bond motifs is 5. The molecular formula is C25H32N4O. The zero-order chi connectivity index (χ0) is 21.0. The maximum absolute atomic E-state index is 9.88. The number of rotatable bonds is 2. The number of benzene rings is 1. The Balaban J connectivity index is 1.39. The number of aromatic nitrogens is 2. The second-order valence-electron chi connectivity index (χ2n) is 9.79. The zero-order valence-corrected chi connectivity index (χ0v) is 18.5. The lowest BCUT2D eigenvalue weighted by atomic mass is 9.55. The number of phenols is 1. The fourth-order valence-corrected chi connectivity index (χ4v) is 6.65. The molecule has 0 radical (unpaired) electrons. The molecule has 0 amide bonds. The largest absolute Gasteiger partial charge is 0.508 e. The van der Waals surface area contributed by atoms with Gasteiger partial charge in [0.1, 0.15) is 5.75 Å². The second-order valence-corrected chi connectivity index (χ2v) is 9.79. The summed E-state index contributed by atoms with van der Waals surface area (Å²) in [5.74, 6) is 2.45. The number of phenolic OH excluding ortho intramolecular Hbond substituents is 1. The van der Waals surface area contributed by atoms with Crippen molar-refractivity contribution >= 4 is 11.9 Å². The minimum atomic E-state index is 0.173. The molecule has 0 saturated heterocycles. The topological polar surface area (TPSA) is 62.8 Å². The lowest BCUT2D eigenvalue weighted by Crippen LogP contribution is -2.42. The molecular weight excluding hydrogens is 372 g/mol. The fourth-order valence-electron chi connectivity index (χ4n) is 6.65. The van der Waals surface area contributed by atoms with Crippen LogP contribution in [0.1, 0.15) is 73.0 Å². The van der Waals surface area contributed by atoms with Gasteiger partial charge in [-0.25, -0.2) is 0 Å². The Hall–Kier alpha value is -2.43. The molecule has 0 spiro atoms. The summed E-state index contributed by atoms with van der Waals surface area (Å²) in [5.41, 5.74) is 7.51. The summed E-state index contributed by atoms with van der Waals surface area (Å²) < 4.78 is 1.90. The average Bonchev–Trinajstić information content (AvgIpc) is 3.18. The highest BCUT2D eigenvalue weighted by Gasteiger charge is 2.53. The summed E-state index contributed by atoms with van der Waals surface area (Å²) in [7, 11) is 1.97. The van der Waals surface area contributed by atoms with Gasteiger partial charge in [-0.15, -0.1) is 0 Å². The van der Waals surface area contributed by atoms with Crippen molar-refractivity contribution < 1.29 is 5.11 Å². The third kappa shape index (κ3) is 2.93. The monoisotopic (exact) mass is 404 g/mol. The predicted octanol–water partition coefficient (Wildman–Crippen LogP) is 5.07. The van der Waals surface area contributed by atoms with Crippen molar-refractivity contribution in [3.05, 3.63) is 46.3 Å². The van der Waals surface area contributed by atoms with Gasteiger partial charge < -0.3 is 5.11 Å². The SMILES string of the molecule is Cc1nn(C)c(C)c1C=NN=C1CCC2C3CCc4cc(O)ccc4C3CCC12C. The van der Waals surface area contributed by atoms with Gasteiger partial charge in [-0.1, -0.05) is 13.0 Å². The molecule has 30 heavy (non-hydrogen) atoms. The lowest BCUT2D eigenvalue weighted by Gasteiger charge is -2.49. The van der Waals surface area contributed by atoms with E-state index in [-0.39, 0.29) is 5.41 Å². The van der Waals surface area contributed by atoms with Gasteiger partial charge in [-0.2, -0.15) is 15.3 Å². The molecule has 158 valence electrons. The van der Waals surface area contributed by atoms with E-state index in [0.29, 0.717) is 17.6 Å². The minimum absolute atomic E-state index is 0.173. The molecule has 0 aliphatic heterocycles. The third-order valence-corrected chi connectivity index (χ3v) is 8.38. The second kappa shape index (κ2) is 7.07. The molecule has 0 bridgehead atoms. The maximum atomic E-state index is 9.88. The maximum Gasteiger partial charge on any atom is 0.115 e. The number of hydrogen-bond donors (Lipinski definition) is 1. The number of nitrogens with zero attached hydrogens (tertiary/aromatic N) is 4. The molecule has 1 aromatic heterocycles. The van der Waals surface area contributed by atoms with E-state index in [1.807, 2.05) is 37.0 Å². The van der Waals surface area contributed by atoms with Gasteiger partial charge in [0.05, 0.1) is 11.9 Å². The van der Waals surface area contributed by atoms with Crippen LogP contribution < -0.4 is 0 Å². The number of aryl methyl sites for hydroxylation is 3. The van der Waals surface area contributed by atoms with E-state index in [4.69, 9.17) is 5.10 Å². The van der Waals surface area contributed by atoms with Crippen molar-refractivity contribution in [3.8, 4) is 5.75 Å². The summed E-state index contributed by atoms with van der Waals surface area (Å²) in [5, 5.41) is 23.6. The zero-order valence-electron chi connectivity index (χ0n) is 18.5. The van der Waals surface area contributed by atoms with Gasteiger partial charge >= 0.3 is 0 Å². The Labute approximate surface area is 178 Å². The van der Waals surface area contributed by atoms with Crippen LogP contribution in [0.2, 0.25) is 0 Å². The van der Waals surface area contributed by atoms with E-state index in [2.05, 4.69) is 30.1 Å². The standard InChI is InChI=1S/C25H32N4O/c1-15-22(16(2)29(4)28-15)14-26-27-24-10-9-23-21-7-5-17-13-18(30)6-8-19(17)20(21)11-12-25(23,24)3/h6,8,13-14,20-21,23,30H,5,7,9-12H2,1-4H3. The summed E-state index contributed by atoms with van der Waals surface area (Å²) >= 11 is 0. The number of hydrogen-bond acceptors (Lipinski definition) is 4. The van der Waals surface area contributed by atoms with Crippen LogP contribution in [-0.4, -0.2) is 26.8 Å². The molecule has 1 N–H and O–H groups in total. The molecule has 5 rings (SSSR count). The Bertz CT molecular complexity index is 1050. The summed E-state index contributed by atoms with van der Waals surface area (Å²) in [6.07, 6.45) is 8.88. The normalized spacial score (nSPS) is 31.7. The van der Waals surface area contributed by atoms with Gasteiger partial charge in [0.2, 0.25) is 0 Å². The van der Waals surface area contributed by atoms with Crippen LogP contribution in [-0.2, 0) is 13.5 Å². The predicted molar refractivity (Wildman–Crippen MR) is 120 cm³/mol. The number of aromatic hydroxyl groups is 1. The molecule has 2 fully saturated rings.